The number of carbonyl (C=O) groups excluding carboxylic acids is 2. The van der Waals surface area contributed by atoms with Gasteiger partial charge in [-0.25, -0.2) is 0 Å². The van der Waals surface area contributed by atoms with Gasteiger partial charge in [0, 0.05) is 44.7 Å². The molecule has 0 aromatic heterocycles. The van der Waals surface area contributed by atoms with Crippen molar-refractivity contribution < 1.29 is 9.59 Å². The van der Waals surface area contributed by atoms with Gasteiger partial charge in [0.1, 0.15) is 0 Å². The van der Waals surface area contributed by atoms with Gasteiger partial charge in [0.25, 0.3) is 0 Å². The van der Waals surface area contributed by atoms with Crippen LogP contribution >= 0.6 is 12.6 Å². The van der Waals surface area contributed by atoms with E-state index in [0.29, 0.717) is 31.5 Å². The van der Waals surface area contributed by atoms with Crippen LogP contribution in [0.25, 0.3) is 0 Å². The number of thiol groups is 1. The lowest BCUT2D eigenvalue weighted by atomic mass is 9.96. The second kappa shape index (κ2) is 10.2. The van der Waals surface area contributed by atoms with E-state index in [1.165, 1.54) is 34.2 Å². The second-order valence-corrected chi connectivity index (χ2v) is 11.9. The Morgan fingerprint density at radius 2 is 1.62 bits per heavy atom. The molecule has 0 radical (unpaired) electrons. The largest absolute Gasteiger partial charge is 0.295 e. The first-order chi connectivity index (χ1) is 19.0. The molecule has 0 aliphatic carbocycles. The summed E-state index contributed by atoms with van der Waals surface area (Å²) in [5.74, 6) is -0.372. The minimum absolute atomic E-state index is 0.132. The van der Waals surface area contributed by atoms with Gasteiger partial charge < -0.3 is 0 Å². The van der Waals surface area contributed by atoms with E-state index >= 15 is 0 Å². The molecule has 0 spiro atoms. The standard InChI is InChI=1S/C32H34N4O2S/c37-29-14-13-28(31(38)33-29)36-18-24-12-11-21(15-27(24)32(36)39)17-34-19-26-16-25(34)20-35(26)30(22-7-3-1-4-8-22)23-9-5-2-6-10-23/h1-12,15,25-26,28,30,32,39H,13-14,16-20H2,(H,33,37,38). The third-order valence-electron chi connectivity index (χ3n) is 9.11. The molecule has 1 N–H and O–H groups in total. The molecule has 4 aliphatic heterocycles. The van der Waals surface area contributed by atoms with E-state index in [1.54, 1.807) is 0 Å². The predicted molar refractivity (Wildman–Crippen MR) is 154 cm³/mol. The molecule has 200 valence electrons. The zero-order valence-electron chi connectivity index (χ0n) is 21.9. The predicted octanol–water partition coefficient (Wildman–Crippen LogP) is 4.28. The van der Waals surface area contributed by atoms with Crippen molar-refractivity contribution in [1.82, 2.24) is 20.0 Å². The summed E-state index contributed by atoms with van der Waals surface area (Å²) in [5.41, 5.74) is 6.45. The summed E-state index contributed by atoms with van der Waals surface area (Å²) < 4.78 is 0. The van der Waals surface area contributed by atoms with Crippen LogP contribution in [-0.4, -0.2) is 57.7 Å². The maximum absolute atomic E-state index is 12.5. The van der Waals surface area contributed by atoms with Crippen LogP contribution in [0.2, 0.25) is 0 Å². The number of hydrogen-bond acceptors (Lipinski definition) is 6. The van der Waals surface area contributed by atoms with Gasteiger partial charge in [-0.05, 0) is 40.7 Å². The molecule has 3 aromatic carbocycles. The summed E-state index contributed by atoms with van der Waals surface area (Å²) in [5, 5.41) is 2.36. The Kier molecular flexibility index (Phi) is 6.55. The van der Waals surface area contributed by atoms with Crippen LogP contribution in [0.15, 0.2) is 78.9 Å². The number of carbonyl (C=O) groups is 2. The van der Waals surface area contributed by atoms with E-state index in [4.69, 9.17) is 12.6 Å². The van der Waals surface area contributed by atoms with Gasteiger partial charge in [-0.3, -0.25) is 29.6 Å². The SMILES string of the molecule is O=C1CCC(N2Cc3ccc(CN4CC5CC4CN5C(c4ccccc4)c4ccccc4)cc3C2S)C(=O)N1. The van der Waals surface area contributed by atoms with Crippen molar-refractivity contribution in [3.05, 3.63) is 107 Å². The van der Waals surface area contributed by atoms with Gasteiger partial charge >= 0.3 is 0 Å². The fourth-order valence-electron chi connectivity index (χ4n) is 7.24. The van der Waals surface area contributed by atoms with Crippen molar-refractivity contribution in [2.45, 2.75) is 61.9 Å². The van der Waals surface area contributed by atoms with Gasteiger partial charge in [-0.1, -0.05) is 78.9 Å². The molecule has 3 aromatic rings. The summed E-state index contributed by atoms with van der Waals surface area (Å²) in [6, 6.07) is 29.6. The fraction of sp³-hybridized carbons (Fsp3) is 0.375. The number of nitrogens with zero attached hydrogens (tertiary/aromatic N) is 3. The molecule has 39 heavy (non-hydrogen) atoms. The lowest BCUT2D eigenvalue weighted by molar-refractivity contribution is -0.137. The van der Waals surface area contributed by atoms with Crippen molar-refractivity contribution >= 4 is 24.4 Å². The topological polar surface area (TPSA) is 55.9 Å². The Balaban J connectivity index is 1.05. The molecule has 7 rings (SSSR count). The minimum Gasteiger partial charge on any atom is -0.295 e. The second-order valence-electron chi connectivity index (χ2n) is 11.4. The summed E-state index contributed by atoms with van der Waals surface area (Å²) in [7, 11) is 0. The molecule has 4 heterocycles. The number of nitrogens with one attached hydrogen (secondary N) is 1. The summed E-state index contributed by atoms with van der Waals surface area (Å²) in [6.07, 6.45) is 2.15. The molecule has 4 atom stereocenters. The molecule has 4 aliphatic rings. The van der Waals surface area contributed by atoms with E-state index in [-0.39, 0.29) is 29.3 Å². The number of benzene rings is 3. The molecule has 0 saturated carbocycles. The molecule has 6 nitrogen and oxygen atoms in total. The summed E-state index contributed by atoms with van der Waals surface area (Å²) in [4.78, 5) is 31.6. The van der Waals surface area contributed by atoms with Crippen LogP contribution < -0.4 is 5.32 Å². The number of likely N-dealkylation sites (tertiary alicyclic amines) is 2. The zero-order valence-corrected chi connectivity index (χ0v) is 22.8. The number of hydrogen-bond donors (Lipinski definition) is 2. The van der Waals surface area contributed by atoms with Crippen LogP contribution in [0.4, 0.5) is 0 Å². The Bertz CT molecular complexity index is 1340. The lowest BCUT2D eigenvalue weighted by Crippen LogP contribution is -2.51. The van der Waals surface area contributed by atoms with Crippen LogP contribution in [0.1, 0.15) is 58.5 Å². The average molecular weight is 539 g/mol. The number of rotatable bonds is 6. The molecule has 2 amide bonds. The molecular weight excluding hydrogens is 504 g/mol. The van der Waals surface area contributed by atoms with Crippen LogP contribution in [0, 0.1) is 0 Å². The van der Waals surface area contributed by atoms with Crippen molar-refractivity contribution in [2.75, 3.05) is 13.1 Å². The first-order valence-corrected chi connectivity index (χ1v) is 14.6. The first kappa shape index (κ1) is 25.0. The van der Waals surface area contributed by atoms with Crippen molar-refractivity contribution in [2.24, 2.45) is 0 Å². The Morgan fingerprint density at radius 3 is 2.26 bits per heavy atom. The number of imide groups is 1. The van der Waals surface area contributed by atoms with E-state index in [0.717, 1.165) is 19.6 Å². The highest BCUT2D eigenvalue weighted by Gasteiger charge is 2.46. The quantitative estimate of drug-likeness (QED) is 0.363. The molecule has 7 heteroatoms. The highest BCUT2D eigenvalue weighted by Crippen LogP contribution is 2.42. The highest BCUT2D eigenvalue weighted by molar-refractivity contribution is 7.80. The summed E-state index contributed by atoms with van der Waals surface area (Å²) in [6.45, 7) is 3.77. The van der Waals surface area contributed by atoms with Crippen LogP contribution in [-0.2, 0) is 22.7 Å². The normalized spacial score (nSPS) is 27.3. The number of piperazine rings is 1. The van der Waals surface area contributed by atoms with Crippen LogP contribution in [0.5, 0.6) is 0 Å². The summed E-state index contributed by atoms with van der Waals surface area (Å²) >= 11 is 4.92. The molecule has 4 unspecified atom stereocenters. The van der Waals surface area contributed by atoms with Gasteiger partial charge in [0.2, 0.25) is 11.8 Å². The molecule has 3 fully saturated rings. The lowest BCUT2D eigenvalue weighted by Gasteiger charge is -2.39. The number of piperidine rings is 1. The van der Waals surface area contributed by atoms with Crippen molar-refractivity contribution in [3.8, 4) is 0 Å². The van der Waals surface area contributed by atoms with Gasteiger partial charge in [0.15, 0.2) is 0 Å². The third-order valence-corrected chi connectivity index (χ3v) is 9.69. The number of fused-ring (bicyclic) bond motifs is 3. The zero-order chi connectivity index (χ0) is 26.5. The third kappa shape index (κ3) is 4.61. The monoisotopic (exact) mass is 538 g/mol. The van der Waals surface area contributed by atoms with E-state index in [1.807, 2.05) is 0 Å². The van der Waals surface area contributed by atoms with Crippen molar-refractivity contribution in [3.63, 3.8) is 0 Å². The van der Waals surface area contributed by atoms with Crippen molar-refractivity contribution in [1.29, 1.82) is 0 Å². The average Bonchev–Trinajstić information content (AvgIpc) is 3.63. The molecule has 2 bridgehead atoms. The maximum Gasteiger partial charge on any atom is 0.243 e. The van der Waals surface area contributed by atoms with Gasteiger partial charge in [-0.15, -0.1) is 0 Å². The first-order valence-electron chi connectivity index (χ1n) is 14.0. The van der Waals surface area contributed by atoms with E-state index in [2.05, 4.69) is 98.9 Å². The highest BCUT2D eigenvalue weighted by atomic mass is 32.1. The Hall–Kier alpha value is -2.97. The Labute approximate surface area is 235 Å². The maximum atomic E-state index is 12.5. The smallest absolute Gasteiger partial charge is 0.243 e. The number of amides is 2. The van der Waals surface area contributed by atoms with Crippen LogP contribution in [0.3, 0.4) is 0 Å². The minimum atomic E-state index is -0.302. The molecular formula is C32H34N4O2S. The fourth-order valence-corrected chi connectivity index (χ4v) is 7.72. The van der Waals surface area contributed by atoms with Gasteiger partial charge in [0.05, 0.1) is 17.5 Å². The van der Waals surface area contributed by atoms with E-state index < -0.39 is 0 Å². The van der Waals surface area contributed by atoms with Gasteiger partial charge in [-0.2, -0.15) is 12.6 Å². The molecule has 3 saturated heterocycles. The van der Waals surface area contributed by atoms with E-state index in [9.17, 15) is 9.59 Å². The Morgan fingerprint density at radius 1 is 0.897 bits per heavy atom.